The van der Waals surface area contributed by atoms with Crippen molar-refractivity contribution in [2.45, 2.75) is 19.3 Å². The Bertz CT molecular complexity index is 657. The summed E-state index contributed by atoms with van der Waals surface area (Å²) in [4.78, 5) is 0. The second kappa shape index (κ2) is 7.02. The van der Waals surface area contributed by atoms with Crippen LogP contribution in [0.4, 0.5) is 0 Å². The van der Waals surface area contributed by atoms with Crippen molar-refractivity contribution in [2.24, 2.45) is 0 Å². The summed E-state index contributed by atoms with van der Waals surface area (Å²) in [5.74, 6) is 0.489. The highest BCUT2D eigenvalue weighted by Crippen LogP contribution is 2.48. The normalized spacial score (nSPS) is 12.4. The predicted octanol–water partition coefficient (Wildman–Crippen LogP) is 6.49. The van der Waals surface area contributed by atoms with Crippen molar-refractivity contribution in [1.82, 2.24) is 0 Å². The summed E-state index contributed by atoms with van der Waals surface area (Å²) < 4.78 is 3.01. The summed E-state index contributed by atoms with van der Waals surface area (Å²) >= 11 is 13.8. The second-order valence-corrected chi connectivity index (χ2v) is 7.92. The Morgan fingerprint density at radius 1 is 0.905 bits per heavy atom. The first-order valence-electron chi connectivity index (χ1n) is 6.16. The number of benzene rings is 2. The van der Waals surface area contributed by atoms with E-state index in [9.17, 15) is 10.2 Å². The van der Waals surface area contributed by atoms with Gasteiger partial charge in [-0.3, -0.25) is 0 Å². The molecule has 0 saturated carbocycles. The number of phenols is 2. The molecule has 0 radical (unpaired) electrons. The van der Waals surface area contributed by atoms with Gasteiger partial charge in [-0.15, -0.1) is 0 Å². The first-order chi connectivity index (χ1) is 9.84. The van der Waals surface area contributed by atoms with Gasteiger partial charge in [0.2, 0.25) is 0 Å². The lowest BCUT2D eigenvalue weighted by molar-refractivity contribution is 0.452. The lowest BCUT2D eigenvalue weighted by Crippen LogP contribution is -2.02. The Kier molecular flexibility index (Phi) is 5.79. The minimum absolute atomic E-state index is 0.0216. The van der Waals surface area contributed by atoms with E-state index in [-0.39, 0.29) is 17.4 Å². The predicted molar refractivity (Wildman–Crippen MR) is 99.1 cm³/mol. The highest BCUT2D eigenvalue weighted by molar-refractivity contribution is 9.15. The molecule has 6 heteroatoms. The van der Waals surface area contributed by atoms with Gasteiger partial charge in [0.1, 0.15) is 11.5 Å². The van der Waals surface area contributed by atoms with Gasteiger partial charge in [-0.2, -0.15) is 0 Å². The van der Waals surface area contributed by atoms with E-state index in [0.717, 1.165) is 24.5 Å². The van der Waals surface area contributed by atoms with E-state index in [1.165, 1.54) is 0 Å². The van der Waals surface area contributed by atoms with E-state index in [0.29, 0.717) is 10.9 Å². The minimum atomic E-state index is 0.0216. The minimum Gasteiger partial charge on any atom is -0.508 e. The molecule has 21 heavy (non-hydrogen) atoms. The maximum absolute atomic E-state index is 10.4. The maximum atomic E-state index is 10.4. The van der Waals surface area contributed by atoms with E-state index < -0.39 is 0 Å². The monoisotopic (exact) mass is 540 g/mol. The van der Waals surface area contributed by atoms with Crippen molar-refractivity contribution < 1.29 is 10.2 Å². The number of hydrogen-bond acceptors (Lipinski definition) is 2. The summed E-state index contributed by atoms with van der Waals surface area (Å²) in [6, 6.07) is 7.25. The van der Waals surface area contributed by atoms with Crippen molar-refractivity contribution in [2.75, 3.05) is 0 Å². The molecule has 0 aliphatic rings. The number of phenolic OH excluding ortho intramolecular Hbond substituents is 2. The SMILES string of the molecule is CC(Cc1ccccc1O)c1c(O)c(Br)c(Br)c(Br)c1Br. The molecule has 0 heterocycles. The first-order valence-corrected chi connectivity index (χ1v) is 9.33. The van der Waals surface area contributed by atoms with Gasteiger partial charge in [-0.25, -0.2) is 0 Å². The van der Waals surface area contributed by atoms with Crippen LogP contribution in [0.15, 0.2) is 42.2 Å². The molecule has 2 aromatic rings. The Morgan fingerprint density at radius 3 is 2.10 bits per heavy atom. The number of halogens is 4. The highest BCUT2D eigenvalue weighted by Gasteiger charge is 2.23. The Labute approximate surface area is 157 Å². The quantitative estimate of drug-likeness (QED) is 0.343. The molecule has 0 aromatic heterocycles. The third-order valence-corrected chi connectivity index (χ3v) is 8.07. The highest BCUT2D eigenvalue weighted by atomic mass is 79.9. The van der Waals surface area contributed by atoms with Crippen LogP contribution < -0.4 is 0 Å². The summed E-state index contributed by atoms with van der Waals surface area (Å²) in [5.41, 5.74) is 1.65. The van der Waals surface area contributed by atoms with Crippen molar-refractivity contribution in [1.29, 1.82) is 0 Å². The third kappa shape index (κ3) is 3.49. The molecule has 0 fully saturated rings. The van der Waals surface area contributed by atoms with Gasteiger partial charge in [-0.1, -0.05) is 25.1 Å². The third-order valence-electron chi connectivity index (χ3n) is 3.29. The summed E-state index contributed by atoms with van der Waals surface area (Å²) in [7, 11) is 0. The van der Waals surface area contributed by atoms with E-state index in [2.05, 4.69) is 63.7 Å². The molecular formula is C15H12Br4O2. The van der Waals surface area contributed by atoms with Gasteiger partial charge in [0.05, 0.1) is 8.95 Å². The van der Waals surface area contributed by atoms with Crippen molar-refractivity contribution >= 4 is 63.7 Å². The van der Waals surface area contributed by atoms with Crippen molar-refractivity contribution in [3.63, 3.8) is 0 Å². The van der Waals surface area contributed by atoms with Gasteiger partial charge in [0, 0.05) is 14.5 Å². The molecule has 2 aromatic carbocycles. The van der Waals surface area contributed by atoms with E-state index >= 15 is 0 Å². The molecule has 0 amide bonds. The molecule has 0 aliphatic heterocycles. The zero-order valence-electron chi connectivity index (χ0n) is 11.0. The Balaban J connectivity index is 2.45. The van der Waals surface area contributed by atoms with Crippen molar-refractivity contribution in [3.8, 4) is 11.5 Å². The Hall–Kier alpha value is -0.0400. The van der Waals surface area contributed by atoms with Crippen LogP contribution in [0.25, 0.3) is 0 Å². The lowest BCUT2D eigenvalue weighted by atomic mass is 9.92. The molecule has 1 unspecified atom stereocenters. The number of aromatic hydroxyl groups is 2. The zero-order chi connectivity index (χ0) is 15.7. The molecule has 0 spiro atoms. The zero-order valence-corrected chi connectivity index (χ0v) is 17.3. The van der Waals surface area contributed by atoms with E-state index in [1.54, 1.807) is 12.1 Å². The largest absolute Gasteiger partial charge is 0.508 e. The van der Waals surface area contributed by atoms with Gasteiger partial charge >= 0.3 is 0 Å². The number of para-hydroxylation sites is 1. The average Bonchev–Trinajstić information content (AvgIpc) is 2.46. The van der Waals surface area contributed by atoms with Crippen LogP contribution in [0.2, 0.25) is 0 Å². The van der Waals surface area contributed by atoms with E-state index in [1.807, 2.05) is 19.1 Å². The fourth-order valence-electron chi connectivity index (χ4n) is 2.20. The first kappa shape index (κ1) is 17.3. The summed E-state index contributed by atoms with van der Waals surface area (Å²) in [6.07, 6.45) is 0.624. The average molecular weight is 544 g/mol. The van der Waals surface area contributed by atoms with Gasteiger partial charge < -0.3 is 10.2 Å². The lowest BCUT2D eigenvalue weighted by Gasteiger charge is -2.19. The molecule has 0 bridgehead atoms. The van der Waals surface area contributed by atoms with Crippen LogP contribution in [-0.2, 0) is 6.42 Å². The number of rotatable bonds is 3. The van der Waals surface area contributed by atoms with Crippen LogP contribution in [0.3, 0.4) is 0 Å². The summed E-state index contributed by atoms with van der Waals surface area (Å²) in [6.45, 7) is 2.01. The summed E-state index contributed by atoms with van der Waals surface area (Å²) in [5, 5.41) is 20.3. The fourth-order valence-corrected chi connectivity index (χ4v) is 4.72. The van der Waals surface area contributed by atoms with Crippen LogP contribution in [0.1, 0.15) is 24.0 Å². The van der Waals surface area contributed by atoms with Crippen molar-refractivity contribution in [3.05, 3.63) is 53.3 Å². The smallest absolute Gasteiger partial charge is 0.135 e. The van der Waals surface area contributed by atoms with Crippen LogP contribution in [-0.4, -0.2) is 10.2 Å². The van der Waals surface area contributed by atoms with Gasteiger partial charge in [-0.05, 0) is 87.7 Å². The maximum Gasteiger partial charge on any atom is 0.135 e. The van der Waals surface area contributed by atoms with E-state index in [4.69, 9.17) is 0 Å². The molecule has 0 saturated heterocycles. The molecule has 112 valence electrons. The van der Waals surface area contributed by atoms with Crippen LogP contribution in [0, 0.1) is 0 Å². The molecule has 0 aliphatic carbocycles. The topological polar surface area (TPSA) is 40.5 Å². The van der Waals surface area contributed by atoms with Crippen LogP contribution >= 0.6 is 63.7 Å². The molecule has 2 nitrogen and oxygen atoms in total. The molecule has 2 rings (SSSR count). The molecule has 1 atom stereocenters. The van der Waals surface area contributed by atoms with Gasteiger partial charge in [0.25, 0.3) is 0 Å². The Morgan fingerprint density at radius 2 is 1.48 bits per heavy atom. The number of hydrogen-bond donors (Lipinski definition) is 2. The van der Waals surface area contributed by atoms with Gasteiger partial charge in [0.15, 0.2) is 0 Å². The molecule has 2 N–H and O–H groups in total. The molecular weight excluding hydrogens is 532 g/mol. The standard InChI is InChI=1S/C15H12Br4O2/c1-7(6-8-4-2-3-5-9(8)20)10-11(16)12(17)13(18)14(19)15(10)21/h2-5,7,20-21H,6H2,1H3. The van der Waals surface area contributed by atoms with Crippen LogP contribution in [0.5, 0.6) is 11.5 Å². The fraction of sp³-hybridized carbons (Fsp3) is 0.200. The second-order valence-electron chi connectivity index (χ2n) is 4.75.